The third kappa shape index (κ3) is 4.02. The third-order valence-corrected chi connectivity index (χ3v) is 4.66. The topological polar surface area (TPSA) is 76.0 Å². The molecule has 2 aromatic rings. The Balaban J connectivity index is 2.36. The quantitative estimate of drug-likeness (QED) is 0.870. The summed E-state index contributed by atoms with van der Waals surface area (Å²) in [5.41, 5.74) is 2.06. The second kappa shape index (κ2) is 7.60. The summed E-state index contributed by atoms with van der Waals surface area (Å²) in [7, 11) is 4.11. The number of nitrogens with one attached hydrogen (secondary N) is 1. The van der Waals surface area contributed by atoms with Crippen LogP contribution >= 0.6 is 11.3 Å². The van der Waals surface area contributed by atoms with Gasteiger partial charge in [-0.25, -0.2) is 4.98 Å². The summed E-state index contributed by atoms with van der Waals surface area (Å²) in [6.07, 6.45) is 0. The lowest BCUT2D eigenvalue weighted by molar-refractivity contribution is 0.408. The molecule has 0 atom stereocenters. The van der Waals surface area contributed by atoms with Gasteiger partial charge < -0.3 is 14.8 Å². The monoisotopic (exact) mass is 345 g/mol. The summed E-state index contributed by atoms with van der Waals surface area (Å²) in [5.74, 6) is 0. The summed E-state index contributed by atoms with van der Waals surface area (Å²) < 4.78 is 0. The third-order valence-electron chi connectivity index (χ3n) is 3.78. The van der Waals surface area contributed by atoms with E-state index in [4.69, 9.17) is 10.2 Å². The molecular weight excluding hydrogens is 322 g/mol. The van der Waals surface area contributed by atoms with E-state index in [9.17, 15) is 4.79 Å². The molecule has 2 heterocycles. The zero-order valence-corrected chi connectivity index (χ0v) is 15.6. The van der Waals surface area contributed by atoms with Crippen molar-refractivity contribution in [3.63, 3.8) is 0 Å². The van der Waals surface area contributed by atoms with Gasteiger partial charge >= 0.3 is 0 Å². The van der Waals surface area contributed by atoms with Crippen LogP contribution in [0.4, 0.5) is 5.13 Å². The Morgan fingerprint density at radius 3 is 2.67 bits per heavy atom. The Morgan fingerprint density at radius 2 is 2.08 bits per heavy atom. The molecule has 7 heteroatoms. The van der Waals surface area contributed by atoms with E-state index in [1.54, 1.807) is 17.4 Å². The number of aromatic amines is 1. The Bertz CT molecular complexity index is 800. The molecule has 0 unspecified atom stereocenters. The summed E-state index contributed by atoms with van der Waals surface area (Å²) in [5, 5.41) is 12.0. The molecule has 0 spiro atoms. The van der Waals surface area contributed by atoms with Crippen molar-refractivity contribution in [1.29, 1.82) is 5.26 Å². The molecule has 0 aliphatic rings. The van der Waals surface area contributed by atoms with Crippen molar-refractivity contribution in [3.05, 3.63) is 33.1 Å². The molecule has 0 aliphatic heterocycles. The minimum Gasteiger partial charge on any atom is -0.344 e. The van der Waals surface area contributed by atoms with Gasteiger partial charge in [0, 0.05) is 35.8 Å². The van der Waals surface area contributed by atoms with Gasteiger partial charge in [-0.05, 0) is 40.9 Å². The van der Waals surface area contributed by atoms with E-state index in [0.29, 0.717) is 6.04 Å². The van der Waals surface area contributed by atoms with E-state index >= 15 is 0 Å². The minimum atomic E-state index is -0.357. The van der Waals surface area contributed by atoms with Gasteiger partial charge in [0.1, 0.15) is 11.6 Å². The van der Waals surface area contributed by atoms with Crippen molar-refractivity contribution >= 4 is 16.5 Å². The van der Waals surface area contributed by atoms with E-state index < -0.39 is 0 Å². The lowest BCUT2D eigenvalue weighted by atomic mass is 10.1. The van der Waals surface area contributed by atoms with Gasteiger partial charge in [-0.1, -0.05) is 0 Å². The number of aromatic nitrogens is 2. The average Bonchev–Trinajstić information content (AvgIpc) is 2.96. The Labute approximate surface area is 146 Å². The molecule has 0 saturated heterocycles. The first-order chi connectivity index (χ1) is 11.3. The van der Waals surface area contributed by atoms with Crippen molar-refractivity contribution in [1.82, 2.24) is 14.9 Å². The van der Waals surface area contributed by atoms with Gasteiger partial charge in [-0.15, -0.1) is 11.3 Å². The Morgan fingerprint density at radius 1 is 1.38 bits per heavy atom. The van der Waals surface area contributed by atoms with E-state index in [0.717, 1.165) is 35.2 Å². The molecule has 24 heavy (non-hydrogen) atoms. The largest absolute Gasteiger partial charge is 0.344 e. The number of hydrogen-bond donors (Lipinski definition) is 1. The zero-order valence-electron chi connectivity index (χ0n) is 14.8. The number of likely N-dealkylation sites (N-methyl/N-ethyl adjacent to an activating group) is 1. The van der Waals surface area contributed by atoms with Crippen molar-refractivity contribution in [2.75, 3.05) is 32.1 Å². The predicted molar refractivity (Wildman–Crippen MR) is 98.7 cm³/mol. The van der Waals surface area contributed by atoms with Crippen LogP contribution in [0, 0.1) is 18.3 Å². The smallest absolute Gasteiger partial charge is 0.266 e. The average molecular weight is 345 g/mol. The normalized spacial score (nSPS) is 11.1. The first-order valence-electron chi connectivity index (χ1n) is 7.84. The van der Waals surface area contributed by atoms with Crippen LogP contribution in [-0.2, 0) is 0 Å². The van der Waals surface area contributed by atoms with Crippen LogP contribution in [0.25, 0.3) is 11.3 Å². The molecule has 0 saturated carbocycles. The molecule has 2 rings (SSSR count). The highest BCUT2D eigenvalue weighted by Gasteiger charge is 2.17. The van der Waals surface area contributed by atoms with E-state index in [1.807, 2.05) is 18.4 Å². The number of anilines is 1. The SMILES string of the molecule is Cc1[nH]c(=O)c(C#N)cc1-c1csc(N(CCN(C)C)C(C)C)n1. The van der Waals surface area contributed by atoms with Gasteiger partial charge in [0.15, 0.2) is 5.13 Å². The molecule has 2 aromatic heterocycles. The standard InChI is InChI=1S/C17H23N5OS/c1-11(2)22(7-6-21(4)5)17-20-15(10-24-17)14-8-13(9-18)16(23)19-12(14)3/h8,10-11H,6-7H2,1-5H3,(H,19,23). The number of pyridine rings is 1. The summed E-state index contributed by atoms with van der Waals surface area (Å²) in [6, 6.07) is 3.89. The lowest BCUT2D eigenvalue weighted by Crippen LogP contribution is -2.36. The number of nitrogens with zero attached hydrogens (tertiary/aromatic N) is 4. The van der Waals surface area contributed by atoms with Crippen LogP contribution in [0.2, 0.25) is 0 Å². The highest BCUT2D eigenvalue weighted by Crippen LogP contribution is 2.29. The summed E-state index contributed by atoms with van der Waals surface area (Å²) >= 11 is 1.58. The fourth-order valence-electron chi connectivity index (χ4n) is 2.37. The number of aryl methyl sites for hydroxylation is 1. The van der Waals surface area contributed by atoms with Crippen molar-refractivity contribution in [3.8, 4) is 17.3 Å². The maximum Gasteiger partial charge on any atom is 0.266 e. The van der Waals surface area contributed by atoms with Crippen LogP contribution in [0.15, 0.2) is 16.2 Å². The molecule has 0 radical (unpaired) electrons. The molecule has 0 fully saturated rings. The van der Waals surface area contributed by atoms with Gasteiger partial charge in [-0.2, -0.15) is 5.26 Å². The van der Waals surface area contributed by atoms with Gasteiger partial charge in [0.25, 0.3) is 5.56 Å². The Kier molecular flexibility index (Phi) is 5.75. The van der Waals surface area contributed by atoms with Crippen LogP contribution in [-0.4, -0.2) is 48.1 Å². The highest BCUT2D eigenvalue weighted by atomic mass is 32.1. The molecule has 1 N–H and O–H groups in total. The first-order valence-corrected chi connectivity index (χ1v) is 8.72. The minimum absolute atomic E-state index is 0.110. The van der Waals surface area contributed by atoms with Crippen LogP contribution < -0.4 is 10.5 Å². The van der Waals surface area contributed by atoms with Gasteiger partial charge in [0.2, 0.25) is 0 Å². The number of H-pyrrole nitrogens is 1. The second-order valence-corrected chi connectivity index (χ2v) is 7.10. The Hall–Kier alpha value is -2.17. The molecule has 6 nitrogen and oxygen atoms in total. The fourth-order valence-corrected chi connectivity index (χ4v) is 3.36. The molecule has 0 amide bonds. The molecule has 0 aromatic carbocycles. The number of nitriles is 1. The van der Waals surface area contributed by atoms with Crippen molar-refractivity contribution in [2.45, 2.75) is 26.8 Å². The van der Waals surface area contributed by atoms with E-state index in [2.05, 4.69) is 42.7 Å². The predicted octanol–water partition coefficient (Wildman–Crippen LogP) is 2.45. The van der Waals surface area contributed by atoms with Crippen LogP contribution in [0.1, 0.15) is 25.1 Å². The van der Waals surface area contributed by atoms with Gasteiger partial charge in [-0.3, -0.25) is 4.79 Å². The second-order valence-electron chi connectivity index (χ2n) is 6.27. The zero-order chi connectivity index (χ0) is 17.9. The fraction of sp³-hybridized carbons (Fsp3) is 0.471. The van der Waals surface area contributed by atoms with Gasteiger partial charge in [0.05, 0.1) is 5.69 Å². The van der Waals surface area contributed by atoms with Crippen molar-refractivity contribution < 1.29 is 0 Å². The van der Waals surface area contributed by atoms with Crippen molar-refractivity contribution in [2.24, 2.45) is 0 Å². The molecule has 128 valence electrons. The van der Waals surface area contributed by atoms with Crippen LogP contribution in [0.5, 0.6) is 0 Å². The summed E-state index contributed by atoms with van der Waals surface area (Å²) in [4.78, 5) is 23.6. The molecule has 0 bridgehead atoms. The highest BCUT2D eigenvalue weighted by molar-refractivity contribution is 7.14. The first kappa shape index (κ1) is 18.2. The maximum absolute atomic E-state index is 11.7. The van der Waals surface area contributed by atoms with E-state index in [1.165, 1.54) is 0 Å². The summed E-state index contributed by atoms with van der Waals surface area (Å²) in [6.45, 7) is 7.96. The molecule has 0 aliphatic carbocycles. The number of hydrogen-bond acceptors (Lipinski definition) is 6. The van der Waals surface area contributed by atoms with E-state index in [-0.39, 0.29) is 11.1 Å². The molecular formula is C17H23N5OS. The van der Waals surface area contributed by atoms with Crippen LogP contribution in [0.3, 0.4) is 0 Å². The number of thiazole rings is 1. The number of rotatable bonds is 6. The maximum atomic E-state index is 11.7. The lowest BCUT2D eigenvalue weighted by Gasteiger charge is -2.27.